The number of nitrogens with two attached hydrogens (primary N) is 1. The highest BCUT2D eigenvalue weighted by Gasteiger charge is 2.27. The molecule has 12 heteroatoms. The van der Waals surface area contributed by atoms with Crippen LogP contribution in [-0.2, 0) is 27.2 Å². The van der Waals surface area contributed by atoms with Gasteiger partial charge >= 0.3 is 17.6 Å². The molecule has 0 aliphatic heterocycles. The van der Waals surface area contributed by atoms with Gasteiger partial charge in [0.1, 0.15) is 23.4 Å². The zero-order chi connectivity index (χ0) is 29.4. The van der Waals surface area contributed by atoms with E-state index in [1.54, 1.807) is 50.2 Å². The topological polar surface area (TPSA) is 201 Å². The van der Waals surface area contributed by atoms with Gasteiger partial charge in [-0.1, -0.05) is 30.3 Å². The molecular weight excluding hydrogens is 520 g/mol. The summed E-state index contributed by atoms with van der Waals surface area (Å²) in [5.41, 5.74) is 6.20. The van der Waals surface area contributed by atoms with Crippen LogP contribution < -0.4 is 27.3 Å². The molecule has 0 aliphatic rings. The number of fused-ring (bicyclic) bond motifs is 1. The number of primary amides is 1. The number of urea groups is 1. The number of rotatable bonds is 12. The number of nitrogens with one attached hydrogen (secondary N) is 3. The van der Waals surface area contributed by atoms with Crippen molar-refractivity contribution in [1.82, 2.24) is 16.0 Å². The van der Waals surface area contributed by atoms with E-state index < -0.39 is 41.5 Å². The van der Waals surface area contributed by atoms with Crippen LogP contribution in [0.15, 0.2) is 51.7 Å². The summed E-state index contributed by atoms with van der Waals surface area (Å²) >= 11 is 0. The van der Waals surface area contributed by atoms with E-state index in [2.05, 4.69) is 16.0 Å². The number of hydrogen-bond donors (Lipinski definition) is 6. The number of benzene rings is 2. The van der Waals surface area contributed by atoms with E-state index in [4.69, 9.17) is 10.2 Å². The minimum atomic E-state index is -1.28. The smallest absolute Gasteiger partial charge is 0.340 e. The lowest BCUT2D eigenvalue weighted by atomic mass is 10.0. The Balaban J connectivity index is 1.80. The van der Waals surface area contributed by atoms with Crippen LogP contribution in [0.25, 0.3) is 11.0 Å². The van der Waals surface area contributed by atoms with Gasteiger partial charge in [-0.2, -0.15) is 0 Å². The molecule has 7 N–H and O–H groups in total. The van der Waals surface area contributed by atoms with Crippen LogP contribution in [0, 0.1) is 13.8 Å². The summed E-state index contributed by atoms with van der Waals surface area (Å²) in [7, 11) is 0. The number of carboxylic acid groups (broad SMARTS) is 1. The molecule has 0 saturated heterocycles. The monoisotopic (exact) mass is 552 g/mol. The highest BCUT2D eigenvalue weighted by molar-refractivity contribution is 5.92. The number of aliphatic carboxylic acids is 1. The largest absolute Gasteiger partial charge is 0.508 e. The molecule has 0 bridgehead atoms. The van der Waals surface area contributed by atoms with Gasteiger partial charge in [-0.05, 0) is 49.9 Å². The van der Waals surface area contributed by atoms with E-state index in [1.807, 2.05) is 0 Å². The average Bonchev–Trinajstić information content (AvgIpc) is 2.90. The van der Waals surface area contributed by atoms with Crippen molar-refractivity contribution in [3.8, 4) is 5.75 Å². The molecule has 12 nitrogen and oxygen atoms in total. The number of carboxylic acids is 1. The van der Waals surface area contributed by atoms with Gasteiger partial charge in [0.15, 0.2) is 0 Å². The molecule has 0 radical (unpaired) electrons. The Hall–Kier alpha value is -4.87. The number of aryl methyl sites for hydroxylation is 2. The van der Waals surface area contributed by atoms with Gasteiger partial charge in [-0.25, -0.2) is 14.4 Å². The lowest BCUT2D eigenvalue weighted by molar-refractivity contribution is -0.142. The first-order valence-electron chi connectivity index (χ1n) is 12.6. The minimum Gasteiger partial charge on any atom is -0.508 e. The Bertz CT molecular complexity index is 1470. The van der Waals surface area contributed by atoms with Crippen molar-refractivity contribution in [3.63, 3.8) is 0 Å². The van der Waals surface area contributed by atoms with Crippen LogP contribution in [0.5, 0.6) is 5.75 Å². The number of carbonyl (C=O) groups excluding carboxylic acids is 3. The second kappa shape index (κ2) is 13.3. The fourth-order valence-electron chi connectivity index (χ4n) is 4.30. The van der Waals surface area contributed by atoms with Crippen molar-refractivity contribution < 1.29 is 33.8 Å². The molecule has 0 aliphatic carbocycles. The summed E-state index contributed by atoms with van der Waals surface area (Å²) in [6.45, 7) is 3.40. The van der Waals surface area contributed by atoms with E-state index in [1.165, 1.54) is 6.07 Å². The lowest BCUT2D eigenvalue weighted by Crippen LogP contribution is -2.53. The van der Waals surface area contributed by atoms with Crippen LogP contribution in [0.3, 0.4) is 0 Å². The first kappa shape index (κ1) is 29.7. The molecular formula is C28H32N4O8. The molecule has 212 valence electrons. The molecule has 2 aromatic carbocycles. The Kier molecular flexibility index (Phi) is 9.85. The minimum absolute atomic E-state index is 0.0135. The van der Waals surface area contributed by atoms with Gasteiger partial charge < -0.3 is 36.3 Å². The van der Waals surface area contributed by atoms with E-state index in [-0.39, 0.29) is 49.1 Å². The number of aromatic hydroxyl groups is 1. The number of phenols is 1. The second-order valence-electron chi connectivity index (χ2n) is 9.40. The van der Waals surface area contributed by atoms with E-state index >= 15 is 0 Å². The zero-order valence-electron chi connectivity index (χ0n) is 22.2. The predicted octanol–water partition coefficient (Wildman–Crippen LogP) is 1.40. The van der Waals surface area contributed by atoms with Gasteiger partial charge in [0.25, 0.3) is 0 Å². The summed E-state index contributed by atoms with van der Waals surface area (Å²) < 4.78 is 5.40. The van der Waals surface area contributed by atoms with Crippen molar-refractivity contribution in [2.45, 2.75) is 51.6 Å². The van der Waals surface area contributed by atoms with E-state index in [0.717, 1.165) is 5.56 Å². The molecule has 1 heterocycles. The van der Waals surface area contributed by atoms with Gasteiger partial charge in [0.05, 0.1) is 12.0 Å². The fraction of sp³-hybridized carbons (Fsp3) is 0.321. The van der Waals surface area contributed by atoms with Crippen LogP contribution in [-0.4, -0.2) is 52.7 Å². The second-order valence-corrected chi connectivity index (χ2v) is 9.40. The third-order valence-corrected chi connectivity index (χ3v) is 6.53. The van der Waals surface area contributed by atoms with Crippen LogP contribution in [0.4, 0.5) is 4.79 Å². The third-order valence-electron chi connectivity index (χ3n) is 6.53. The molecule has 0 saturated carbocycles. The van der Waals surface area contributed by atoms with Crippen molar-refractivity contribution >= 4 is 34.8 Å². The number of amides is 4. The Morgan fingerprint density at radius 3 is 2.33 bits per heavy atom. The number of carbonyl (C=O) groups is 4. The van der Waals surface area contributed by atoms with E-state index in [0.29, 0.717) is 16.5 Å². The third kappa shape index (κ3) is 7.59. The van der Waals surface area contributed by atoms with Crippen molar-refractivity contribution in [1.29, 1.82) is 0 Å². The van der Waals surface area contributed by atoms with Crippen molar-refractivity contribution in [2.75, 3.05) is 6.54 Å². The summed E-state index contributed by atoms with van der Waals surface area (Å²) in [5, 5.41) is 27.5. The molecule has 40 heavy (non-hydrogen) atoms. The lowest BCUT2D eigenvalue weighted by Gasteiger charge is -2.22. The van der Waals surface area contributed by atoms with Gasteiger partial charge in [0.2, 0.25) is 11.8 Å². The Morgan fingerprint density at radius 2 is 1.68 bits per heavy atom. The molecule has 0 spiro atoms. The standard InChI is InChI=1S/C28H32N4O8/c1-15-18-10-11-22(33)16(2)24(18)40-27(38)19(15)14-23(34)31-21(13-17-7-4-3-5-8-17)25(35)32-20(26(36)37)9-6-12-30-28(29)39/h3-5,7-8,10-11,20-21,33H,6,9,12-14H2,1-2H3,(H,31,34)(H,32,35)(H,36,37)(H3,29,30,39). The molecule has 4 amide bonds. The Labute approximate surface area is 229 Å². The molecule has 3 aromatic rings. The first-order valence-corrected chi connectivity index (χ1v) is 12.6. The quantitative estimate of drug-likeness (QED) is 0.143. The maximum absolute atomic E-state index is 13.2. The fourth-order valence-corrected chi connectivity index (χ4v) is 4.30. The molecule has 2 atom stereocenters. The Morgan fingerprint density at radius 1 is 0.975 bits per heavy atom. The molecule has 2 unspecified atom stereocenters. The number of hydrogen-bond acceptors (Lipinski definition) is 7. The van der Waals surface area contributed by atoms with Crippen LogP contribution >= 0.6 is 0 Å². The summed E-state index contributed by atoms with van der Waals surface area (Å²) in [6, 6.07) is 8.74. The first-order chi connectivity index (χ1) is 19.0. The number of phenolic OH excluding ortho intramolecular Hbond substituents is 1. The van der Waals surface area contributed by atoms with Gasteiger partial charge in [-0.15, -0.1) is 0 Å². The summed E-state index contributed by atoms with van der Waals surface area (Å²) in [4.78, 5) is 61.6. The van der Waals surface area contributed by atoms with Gasteiger partial charge in [-0.3, -0.25) is 9.59 Å². The predicted molar refractivity (Wildman–Crippen MR) is 146 cm³/mol. The summed E-state index contributed by atoms with van der Waals surface area (Å²) in [5.74, 6) is -2.67. The average molecular weight is 553 g/mol. The highest BCUT2D eigenvalue weighted by atomic mass is 16.4. The van der Waals surface area contributed by atoms with Crippen molar-refractivity contribution in [3.05, 3.63) is 75.1 Å². The molecule has 1 aromatic heterocycles. The van der Waals surface area contributed by atoms with Gasteiger partial charge in [0, 0.05) is 23.9 Å². The van der Waals surface area contributed by atoms with Crippen LogP contribution in [0.2, 0.25) is 0 Å². The van der Waals surface area contributed by atoms with Crippen molar-refractivity contribution in [2.24, 2.45) is 5.73 Å². The van der Waals surface area contributed by atoms with Crippen LogP contribution in [0.1, 0.15) is 35.1 Å². The maximum atomic E-state index is 13.2. The van der Waals surface area contributed by atoms with E-state index in [9.17, 15) is 34.2 Å². The summed E-state index contributed by atoms with van der Waals surface area (Å²) in [6.07, 6.45) is -0.0642. The maximum Gasteiger partial charge on any atom is 0.340 e. The molecule has 0 fully saturated rings. The highest BCUT2D eigenvalue weighted by Crippen LogP contribution is 2.28. The molecule has 3 rings (SSSR count). The normalized spacial score (nSPS) is 12.3. The SMILES string of the molecule is Cc1c(CC(=O)NC(Cc2ccccc2)C(=O)NC(CCCNC(N)=O)C(=O)O)c(=O)oc2c(C)c(O)ccc12. The zero-order valence-corrected chi connectivity index (χ0v) is 22.2.